The van der Waals surface area contributed by atoms with Gasteiger partial charge in [0.1, 0.15) is 0 Å². The minimum absolute atomic E-state index is 0.374. The van der Waals surface area contributed by atoms with Crippen molar-refractivity contribution in [2.45, 2.75) is 110 Å². The molecule has 3 aliphatic carbocycles. The van der Waals surface area contributed by atoms with Gasteiger partial charge in [-0.2, -0.15) is 0 Å². The molecule has 0 bridgehead atoms. The highest BCUT2D eigenvalue weighted by Gasteiger charge is 2.50. The first-order chi connectivity index (χ1) is 14.0. The van der Waals surface area contributed by atoms with Crippen molar-refractivity contribution in [3.05, 3.63) is 35.5 Å². The summed E-state index contributed by atoms with van der Waals surface area (Å²) in [5.41, 5.74) is 3.17. The minimum atomic E-state index is -0.615. The van der Waals surface area contributed by atoms with Crippen molar-refractivity contribution in [2.24, 2.45) is 23.2 Å². The van der Waals surface area contributed by atoms with Crippen LogP contribution in [-0.2, 0) is 0 Å². The molecule has 3 rings (SSSR count). The van der Waals surface area contributed by atoms with Gasteiger partial charge in [-0.05, 0) is 93.1 Å². The van der Waals surface area contributed by atoms with Gasteiger partial charge >= 0.3 is 0 Å². The van der Waals surface area contributed by atoms with Crippen LogP contribution in [0.25, 0.3) is 0 Å². The van der Waals surface area contributed by atoms with Gasteiger partial charge < -0.3 is 15.3 Å². The Bertz CT molecular complexity index is 683. The smallest absolute Gasteiger partial charge is 0.0811 e. The van der Waals surface area contributed by atoms with Gasteiger partial charge in [-0.3, -0.25) is 0 Å². The molecule has 3 aliphatic rings. The fourth-order valence-electron chi connectivity index (χ4n) is 6.74. The zero-order valence-corrected chi connectivity index (χ0v) is 19.7. The van der Waals surface area contributed by atoms with Gasteiger partial charge in [0.2, 0.25) is 0 Å². The van der Waals surface area contributed by atoms with Crippen LogP contribution in [-0.4, -0.2) is 33.1 Å². The van der Waals surface area contributed by atoms with Gasteiger partial charge in [-0.25, -0.2) is 0 Å². The van der Waals surface area contributed by atoms with Gasteiger partial charge in [-0.1, -0.05) is 51.0 Å². The summed E-state index contributed by atoms with van der Waals surface area (Å²) in [6, 6.07) is 0. The van der Waals surface area contributed by atoms with E-state index in [2.05, 4.69) is 32.6 Å². The van der Waals surface area contributed by atoms with Crippen LogP contribution in [0.1, 0.15) is 91.9 Å². The van der Waals surface area contributed by atoms with Gasteiger partial charge in [-0.15, -0.1) is 0 Å². The fourth-order valence-corrected chi connectivity index (χ4v) is 6.74. The number of aliphatic hydroxyl groups excluding tert-OH is 2. The summed E-state index contributed by atoms with van der Waals surface area (Å²) in [7, 11) is 0. The molecule has 0 heterocycles. The summed E-state index contributed by atoms with van der Waals surface area (Å²) >= 11 is 0. The average molecular weight is 417 g/mol. The zero-order valence-electron chi connectivity index (χ0n) is 19.7. The third-order valence-corrected chi connectivity index (χ3v) is 8.44. The highest BCUT2D eigenvalue weighted by Crippen LogP contribution is 2.60. The van der Waals surface area contributed by atoms with Crippen LogP contribution in [0.4, 0.5) is 0 Å². The van der Waals surface area contributed by atoms with Crippen LogP contribution in [0.2, 0.25) is 0 Å². The molecule has 30 heavy (non-hydrogen) atoms. The Balaban J connectivity index is 1.70. The molecule has 0 radical (unpaired) electrons. The molecule has 0 spiro atoms. The number of fused-ring (bicyclic) bond motifs is 1. The fraction of sp³-hybridized carbons (Fsp3) is 0.778. The van der Waals surface area contributed by atoms with E-state index in [0.717, 1.165) is 29.9 Å². The number of aliphatic hydroxyl groups is 3. The summed E-state index contributed by atoms with van der Waals surface area (Å²) in [6.07, 6.45) is 13.9. The topological polar surface area (TPSA) is 60.7 Å². The SMILES string of the molecule is C=C1/C(=C\C=C2CCC[C@@]3(C)C2CC[C@@H]3[C@H](C)CCCC(C)(C)O)C[C@@H](O)C[C@H]1O. The van der Waals surface area contributed by atoms with Crippen molar-refractivity contribution >= 4 is 0 Å². The van der Waals surface area contributed by atoms with Crippen LogP contribution in [0.15, 0.2) is 35.5 Å². The number of allylic oxidation sites excluding steroid dienone is 3. The summed E-state index contributed by atoms with van der Waals surface area (Å²) in [4.78, 5) is 0. The van der Waals surface area contributed by atoms with Crippen LogP contribution < -0.4 is 0 Å². The standard InChI is InChI=1S/C27H44O3/c1-18(8-6-14-26(3,4)30)23-12-13-24-20(9-7-15-27(23,24)5)10-11-21-16-22(28)17-25(29)19(21)2/h10-11,18,22-25,28-30H,2,6-9,12-17H2,1,3-5H3/b20-10?,21-11-/t18-,22-,23-,24?,25-,27-/m1/s1. The van der Waals surface area contributed by atoms with E-state index in [-0.39, 0.29) is 0 Å². The maximum atomic E-state index is 10.1. The maximum absolute atomic E-state index is 10.1. The molecular weight excluding hydrogens is 372 g/mol. The minimum Gasteiger partial charge on any atom is -0.393 e. The van der Waals surface area contributed by atoms with E-state index >= 15 is 0 Å². The number of hydrogen-bond donors (Lipinski definition) is 3. The lowest BCUT2D eigenvalue weighted by molar-refractivity contribution is 0.0596. The molecule has 3 fully saturated rings. The van der Waals surface area contributed by atoms with E-state index in [0.29, 0.717) is 30.1 Å². The second kappa shape index (κ2) is 9.30. The van der Waals surface area contributed by atoms with E-state index in [1.54, 1.807) is 5.57 Å². The molecule has 0 aromatic rings. The molecule has 3 saturated carbocycles. The Hall–Kier alpha value is -0.900. The average Bonchev–Trinajstić information content (AvgIpc) is 3.00. The van der Waals surface area contributed by atoms with E-state index in [9.17, 15) is 15.3 Å². The molecule has 170 valence electrons. The molecule has 0 amide bonds. The van der Waals surface area contributed by atoms with E-state index < -0.39 is 17.8 Å². The summed E-state index contributed by atoms with van der Waals surface area (Å²) in [6.45, 7) is 12.8. The molecule has 3 nitrogen and oxygen atoms in total. The predicted molar refractivity (Wildman–Crippen MR) is 124 cm³/mol. The van der Waals surface area contributed by atoms with Crippen LogP contribution in [0.3, 0.4) is 0 Å². The molecule has 0 aliphatic heterocycles. The number of hydrogen-bond acceptors (Lipinski definition) is 3. The van der Waals surface area contributed by atoms with Gasteiger partial charge in [0.05, 0.1) is 17.8 Å². The summed E-state index contributed by atoms with van der Waals surface area (Å²) in [5.74, 6) is 2.11. The van der Waals surface area contributed by atoms with E-state index in [1.807, 2.05) is 13.8 Å². The Kier molecular flexibility index (Phi) is 7.37. The lowest BCUT2D eigenvalue weighted by Gasteiger charge is -2.44. The largest absolute Gasteiger partial charge is 0.393 e. The first-order valence-electron chi connectivity index (χ1n) is 12.2. The Morgan fingerprint density at radius 1 is 1.23 bits per heavy atom. The van der Waals surface area contributed by atoms with Crippen LogP contribution >= 0.6 is 0 Å². The normalized spacial score (nSPS) is 38.8. The third-order valence-electron chi connectivity index (χ3n) is 8.44. The predicted octanol–water partition coefficient (Wildman–Crippen LogP) is 5.70. The second-order valence-corrected chi connectivity index (χ2v) is 11.3. The van der Waals surface area contributed by atoms with Gasteiger partial charge in [0.15, 0.2) is 0 Å². The van der Waals surface area contributed by atoms with Crippen LogP contribution in [0.5, 0.6) is 0 Å². The van der Waals surface area contributed by atoms with E-state index in [4.69, 9.17) is 0 Å². The van der Waals surface area contributed by atoms with Gasteiger partial charge in [0.25, 0.3) is 0 Å². The molecule has 0 aromatic heterocycles. The first kappa shape index (κ1) is 23.8. The number of rotatable bonds is 6. The summed E-state index contributed by atoms with van der Waals surface area (Å²) in [5, 5.41) is 30.2. The van der Waals surface area contributed by atoms with Crippen LogP contribution in [0, 0.1) is 23.2 Å². The molecule has 6 atom stereocenters. The van der Waals surface area contributed by atoms with E-state index in [1.165, 1.54) is 38.5 Å². The lowest BCUT2D eigenvalue weighted by Crippen LogP contribution is -2.36. The quantitative estimate of drug-likeness (QED) is 0.520. The molecule has 1 unspecified atom stereocenters. The first-order valence-corrected chi connectivity index (χ1v) is 12.2. The second-order valence-electron chi connectivity index (χ2n) is 11.3. The highest BCUT2D eigenvalue weighted by atomic mass is 16.3. The van der Waals surface area contributed by atoms with Crippen molar-refractivity contribution in [2.75, 3.05) is 0 Å². The zero-order chi connectivity index (χ0) is 22.1. The highest BCUT2D eigenvalue weighted by molar-refractivity contribution is 5.38. The molecule has 3 N–H and O–H groups in total. The van der Waals surface area contributed by atoms with Crippen molar-refractivity contribution < 1.29 is 15.3 Å². The molecule has 0 aromatic carbocycles. The molecule has 3 heteroatoms. The Morgan fingerprint density at radius 3 is 2.67 bits per heavy atom. The lowest BCUT2D eigenvalue weighted by atomic mass is 9.60. The molecule has 0 saturated heterocycles. The third kappa shape index (κ3) is 5.29. The van der Waals surface area contributed by atoms with Crippen molar-refractivity contribution in [3.63, 3.8) is 0 Å². The Labute approximate surface area is 184 Å². The van der Waals surface area contributed by atoms with Crippen molar-refractivity contribution in [3.8, 4) is 0 Å². The molecular formula is C27H44O3. The Morgan fingerprint density at radius 2 is 1.97 bits per heavy atom. The van der Waals surface area contributed by atoms with Crippen molar-refractivity contribution in [1.82, 2.24) is 0 Å². The van der Waals surface area contributed by atoms with Gasteiger partial charge in [0, 0.05) is 6.42 Å². The monoisotopic (exact) mass is 416 g/mol. The van der Waals surface area contributed by atoms with Crippen molar-refractivity contribution in [1.29, 1.82) is 0 Å². The summed E-state index contributed by atoms with van der Waals surface area (Å²) < 4.78 is 0. The maximum Gasteiger partial charge on any atom is 0.0811 e.